The van der Waals surface area contributed by atoms with Crippen LogP contribution in [0.5, 0.6) is 0 Å². The van der Waals surface area contributed by atoms with E-state index >= 15 is 0 Å². The number of nitrogens with two attached hydrogens (primary N) is 1. The Kier molecular flexibility index (Phi) is 9.05. The fourth-order valence-electron chi connectivity index (χ4n) is 3.83. The predicted octanol–water partition coefficient (Wildman–Crippen LogP) is 2.67. The Bertz CT molecular complexity index is 735. The number of fused-ring (bicyclic) bond motifs is 1. The molecule has 1 aromatic heterocycles. The van der Waals surface area contributed by atoms with Gasteiger partial charge in [0.2, 0.25) is 5.95 Å². The summed E-state index contributed by atoms with van der Waals surface area (Å²) in [5.74, 6) is 1.87. The van der Waals surface area contributed by atoms with Crippen LogP contribution in [0, 0.1) is 5.92 Å². The van der Waals surface area contributed by atoms with E-state index in [4.69, 9.17) is 5.73 Å². The molecular weight excluding hydrogens is 409 g/mol. The fourth-order valence-corrected chi connectivity index (χ4v) is 3.83. The van der Waals surface area contributed by atoms with E-state index in [1.54, 1.807) is 0 Å². The lowest BCUT2D eigenvalue weighted by molar-refractivity contribution is 0.282. The Labute approximate surface area is 178 Å². The number of nitrogen functional groups attached to an aromatic ring is 1. The molecule has 2 atom stereocenters. The molecule has 0 radical (unpaired) electrons. The van der Waals surface area contributed by atoms with Crippen molar-refractivity contribution in [3.05, 3.63) is 35.9 Å². The van der Waals surface area contributed by atoms with Crippen molar-refractivity contribution in [2.24, 2.45) is 5.92 Å². The molecule has 0 aliphatic carbocycles. The standard InChI is InChI=1S/C18H23N5O.3ClH/c19-18-21-15(13-4-1-3-12(7-13)11-24)8-17(22-18)23-9-14-5-2-6-20-16(14)10-23;;;/h1,3-4,7-8,14,16,20,24H,2,5-6,9-11H2,(H2,19,21,22);3*1H/t14-,16+;;;/m1.../s1. The number of nitrogens with one attached hydrogen (secondary N) is 1. The molecule has 2 aliphatic rings. The first-order valence-corrected chi connectivity index (χ1v) is 8.56. The second-order valence-corrected chi connectivity index (χ2v) is 6.70. The lowest BCUT2D eigenvalue weighted by Crippen LogP contribution is -2.40. The molecule has 2 saturated heterocycles. The van der Waals surface area contributed by atoms with Crippen molar-refractivity contribution in [1.29, 1.82) is 0 Å². The molecule has 0 spiro atoms. The summed E-state index contributed by atoms with van der Waals surface area (Å²) in [6.07, 6.45) is 2.53. The van der Waals surface area contributed by atoms with Crippen LogP contribution in [-0.4, -0.2) is 40.8 Å². The number of hydrogen-bond acceptors (Lipinski definition) is 6. The maximum Gasteiger partial charge on any atom is 0.222 e. The highest BCUT2D eigenvalue weighted by molar-refractivity contribution is 5.86. The number of nitrogens with zero attached hydrogens (tertiary/aromatic N) is 3. The van der Waals surface area contributed by atoms with Crippen LogP contribution in [0.2, 0.25) is 0 Å². The molecule has 2 fully saturated rings. The molecule has 1 aromatic carbocycles. The van der Waals surface area contributed by atoms with E-state index in [0.29, 0.717) is 17.9 Å². The van der Waals surface area contributed by atoms with Gasteiger partial charge in [-0.1, -0.05) is 18.2 Å². The molecule has 4 rings (SSSR count). The predicted molar refractivity (Wildman–Crippen MR) is 116 cm³/mol. The molecule has 0 unspecified atom stereocenters. The molecule has 4 N–H and O–H groups in total. The third-order valence-corrected chi connectivity index (χ3v) is 5.06. The monoisotopic (exact) mass is 433 g/mol. The molecule has 27 heavy (non-hydrogen) atoms. The van der Waals surface area contributed by atoms with Gasteiger partial charge in [0.15, 0.2) is 0 Å². The summed E-state index contributed by atoms with van der Waals surface area (Å²) in [6, 6.07) is 10.3. The number of aliphatic hydroxyl groups is 1. The molecular formula is C18H26Cl3N5O. The highest BCUT2D eigenvalue weighted by Gasteiger charge is 2.35. The Morgan fingerprint density at radius 2 is 1.96 bits per heavy atom. The van der Waals surface area contributed by atoms with Crippen LogP contribution in [0.1, 0.15) is 18.4 Å². The molecule has 150 valence electrons. The molecule has 0 amide bonds. The summed E-state index contributed by atoms with van der Waals surface area (Å²) in [7, 11) is 0. The van der Waals surface area contributed by atoms with Gasteiger partial charge in [-0.3, -0.25) is 0 Å². The molecule has 0 saturated carbocycles. The number of piperidine rings is 1. The lowest BCUT2D eigenvalue weighted by atomic mass is 9.94. The van der Waals surface area contributed by atoms with Gasteiger partial charge in [0.05, 0.1) is 12.3 Å². The molecule has 9 heteroatoms. The Morgan fingerprint density at radius 1 is 1.15 bits per heavy atom. The summed E-state index contributed by atoms with van der Waals surface area (Å²) in [5, 5.41) is 12.9. The Morgan fingerprint density at radius 3 is 2.70 bits per heavy atom. The molecule has 2 aromatic rings. The van der Waals surface area contributed by atoms with Crippen molar-refractivity contribution in [2.45, 2.75) is 25.5 Å². The van der Waals surface area contributed by atoms with Crippen molar-refractivity contribution in [3.63, 3.8) is 0 Å². The molecule has 2 aliphatic heterocycles. The quantitative estimate of drug-likeness (QED) is 0.688. The average Bonchev–Trinajstić information content (AvgIpc) is 3.05. The maximum absolute atomic E-state index is 9.34. The number of anilines is 2. The summed E-state index contributed by atoms with van der Waals surface area (Å²) in [6.45, 7) is 3.12. The van der Waals surface area contributed by atoms with E-state index < -0.39 is 0 Å². The Balaban J connectivity index is 0.00000121. The largest absolute Gasteiger partial charge is 0.392 e. The average molecular weight is 435 g/mol. The third kappa shape index (κ3) is 5.15. The van der Waals surface area contributed by atoms with Crippen LogP contribution in [0.25, 0.3) is 11.3 Å². The number of aliphatic hydroxyl groups excluding tert-OH is 1. The molecule has 0 bridgehead atoms. The SMILES string of the molecule is Cl.Cl.Cl.Nc1nc(-c2cccc(CO)c2)cc(N2C[C@H]3CCCN[C@H]3C2)n1. The zero-order chi connectivity index (χ0) is 16.5. The van der Waals surface area contributed by atoms with Gasteiger partial charge in [-0.2, -0.15) is 4.98 Å². The van der Waals surface area contributed by atoms with Crippen molar-refractivity contribution in [2.75, 3.05) is 30.3 Å². The van der Waals surface area contributed by atoms with Crippen molar-refractivity contribution in [3.8, 4) is 11.3 Å². The van der Waals surface area contributed by atoms with Crippen LogP contribution in [0.3, 0.4) is 0 Å². The van der Waals surface area contributed by atoms with Gasteiger partial charge in [0.1, 0.15) is 5.82 Å². The van der Waals surface area contributed by atoms with E-state index in [1.807, 2.05) is 30.3 Å². The van der Waals surface area contributed by atoms with Gasteiger partial charge in [-0.15, -0.1) is 37.2 Å². The second kappa shape index (κ2) is 10.3. The number of hydrogen-bond donors (Lipinski definition) is 3. The number of benzene rings is 1. The van der Waals surface area contributed by atoms with Gasteiger partial charge >= 0.3 is 0 Å². The van der Waals surface area contributed by atoms with E-state index in [0.717, 1.165) is 42.3 Å². The first-order valence-electron chi connectivity index (χ1n) is 8.56. The van der Waals surface area contributed by atoms with Crippen molar-refractivity contribution < 1.29 is 5.11 Å². The van der Waals surface area contributed by atoms with Crippen LogP contribution in [-0.2, 0) is 6.61 Å². The van der Waals surface area contributed by atoms with Crippen LogP contribution < -0.4 is 16.0 Å². The first kappa shape index (κ1) is 23.7. The highest BCUT2D eigenvalue weighted by Crippen LogP contribution is 2.30. The number of halogens is 3. The number of aromatic nitrogens is 2. The summed E-state index contributed by atoms with van der Waals surface area (Å²) >= 11 is 0. The van der Waals surface area contributed by atoms with Gasteiger partial charge in [-0.05, 0) is 36.9 Å². The summed E-state index contributed by atoms with van der Waals surface area (Å²) < 4.78 is 0. The maximum atomic E-state index is 9.34. The minimum atomic E-state index is 0. The van der Waals surface area contributed by atoms with E-state index in [2.05, 4.69) is 20.2 Å². The molecule has 6 nitrogen and oxygen atoms in total. The van der Waals surface area contributed by atoms with E-state index in [9.17, 15) is 5.11 Å². The fraction of sp³-hybridized carbons (Fsp3) is 0.444. The molecule has 3 heterocycles. The van der Waals surface area contributed by atoms with Crippen LogP contribution in [0.15, 0.2) is 30.3 Å². The summed E-state index contributed by atoms with van der Waals surface area (Å²) in [5.41, 5.74) is 8.58. The van der Waals surface area contributed by atoms with E-state index in [-0.39, 0.29) is 43.8 Å². The first-order chi connectivity index (χ1) is 11.7. The highest BCUT2D eigenvalue weighted by atomic mass is 35.5. The topological polar surface area (TPSA) is 87.3 Å². The zero-order valence-electron chi connectivity index (χ0n) is 14.9. The van der Waals surface area contributed by atoms with Crippen LogP contribution in [0.4, 0.5) is 11.8 Å². The van der Waals surface area contributed by atoms with Crippen LogP contribution >= 0.6 is 37.2 Å². The van der Waals surface area contributed by atoms with Crippen molar-refractivity contribution in [1.82, 2.24) is 15.3 Å². The Hall–Kier alpha value is -1.31. The van der Waals surface area contributed by atoms with Gasteiger partial charge < -0.3 is 21.1 Å². The normalized spacial score (nSPS) is 20.7. The van der Waals surface area contributed by atoms with E-state index in [1.165, 1.54) is 12.8 Å². The zero-order valence-corrected chi connectivity index (χ0v) is 17.3. The smallest absolute Gasteiger partial charge is 0.222 e. The van der Waals surface area contributed by atoms with Gasteiger partial charge in [0, 0.05) is 30.8 Å². The number of rotatable bonds is 3. The van der Waals surface area contributed by atoms with Gasteiger partial charge in [0.25, 0.3) is 0 Å². The van der Waals surface area contributed by atoms with Gasteiger partial charge in [-0.25, -0.2) is 4.98 Å². The minimum absolute atomic E-state index is 0. The lowest BCUT2D eigenvalue weighted by Gasteiger charge is -2.24. The summed E-state index contributed by atoms with van der Waals surface area (Å²) in [4.78, 5) is 11.2. The minimum Gasteiger partial charge on any atom is -0.392 e. The van der Waals surface area contributed by atoms with Crippen molar-refractivity contribution >= 4 is 49.0 Å². The third-order valence-electron chi connectivity index (χ3n) is 5.06. The second-order valence-electron chi connectivity index (χ2n) is 6.70.